The molecule has 3 heteroatoms. The third kappa shape index (κ3) is 4.22. The van der Waals surface area contributed by atoms with Crippen molar-refractivity contribution in [3.05, 3.63) is 0 Å². The van der Waals surface area contributed by atoms with Gasteiger partial charge in [0.1, 0.15) is 0 Å². The Hall–Kier alpha value is -0.120. The molecule has 2 atom stereocenters. The van der Waals surface area contributed by atoms with Gasteiger partial charge in [0.2, 0.25) is 0 Å². The summed E-state index contributed by atoms with van der Waals surface area (Å²) in [5.41, 5.74) is 0. The molecule has 3 nitrogen and oxygen atoms in total. The third-order valence-electron chi connectivity index (χ3n) is 4.25. The summed E-state index contributed by atoms with van der Waals surface area (Å²) in [6.07, 6.45) is 2.82. The van der Waals surface area contributed by atoms with E-state index in [1.54, 1.807) is 0 Å². The van der Waals surface area contributed by atoms with Crippen LogP contribution in [0.5, 0.6) is 0 Å². The Morgan fingerprint density at radius 2 is 1.89 bits per heavy atom. The van der Waals surface area contributed by atoms with Crippen LogP contribution in [0.1, 0.15) is 47.5 Å². The molecule has 1 N–H and O–H groups in total. The zero-order valence-electron chi connectivity index (χ0n) is 12.9. The quantitative estimate of drug-likeness (QED) is 0.757. The van der Waals surface area contributed by atoms with E-state index in [4.69, 9.17) is 4.74 Å². The second kappa shape index (κ2) is 8.13. The third-order valence-corrected chi connectivity index (χ3v) is 4.25. The summed E-state index contributed by atoms with van der Waals surface area (Å²) >= 11 is 0. The van der Waals surface area contributed by atoms with E-state index >= 15 is 0 Å². The van der Waals surface area contributed by atoms with Gasteiger partial charge >= 0.3 is 0 Å². The standard InChI is InChI=1S/C15H32N2O/c1-6-13(7-2)15(16-8-3)14-11-17(12(4)5)9-10-18-14/h12-16H,6-11H2,1-5H3. The van der Waals surface area contributed by atoms with E-state index in [0.717, 1.165) is 32.2 Å². The highest BCUT2D eigenvalue weighted by Crippen LogP contribution is 2.21. The molecular weight excluding hydrogens is 224 g/mol. The molecule has 1 fully saturated rings. The van der Waals surface area contributed by atoms with E-state index in [2.05, 4.69) is 44.8 Å². The van der Waals surface area contributed by atoms with Gasteiger partial charge < -0.3 is 10.1 Å². The summed E-state index contributed by atoms with van der Waals surface area (Å²) in [4.78, 5) is 2.54. The van der Waals surface area contributed by atoms with E-state index in [-0.39, 0.29) is 0 Å². The molecule has 0 radical (unpaired) electrons. The predicted molar refractivity (Wildman–Crippen MR) is 78.0 cm³/mol. The number of nitrogens with zero attached hydrogens (tertiary/aromatic N) is 1. The van der Waals surface area contributed by atoms with Gasteiger partial charge in [-0.3, -0.25) is 4.90 Å². The van der Waals surface area contributed by atoms with Crippen LogP contribution in [0, 0.1) is 5.92 Å². The van der Waals surface area contributed by atoms with Crippen LogP contribution in [0.3, 0.4) is 0 Å². The first-order valence-corrected chi connectivity index (χ1v) is 7.72. The Morgan fingerprint density at radius 3 is 2.39 bits per heavy atom. The van der Waals surface area contributed by atoms with Gasteiger partial charge in [-0.25, -0.2) is 0 Å². The fourth-order valence-electron chi connectivity index (χ4n) is 3.02. The fourth-order valence-corrected chi connectivity index (χ4v) is 3.02. The zero-order chi connectivity index (χ0) is 13.5. The molecule has 0 amide bonds. The lowest BCUT2D eigenvalue weighted by atomic mass is 9.89. The van der Waals surface area contributed by atoms with Crippen molar-refractivity contribution < 1.29 is 4.74 Å². The maximum atomic E-state index is 6.05. The topological polar surface area (TPSA) is 24.5 Å². The Morgan fingerprint density at radius 1 is 1.22 bits per heavy atom. The molecule has 0 aromatic carbocycles. The summed E-state index contributed by atoms with van der Waals surface area (Å²) in [5, 5.41) is 3.66. The Bertz CT molecular complexity index is 217. The van der Waals surface area contributed by atoms with Gasteiger partial charge in [0.05, 0.1) is 12.7 Å². The van der Waals surface area contributed by atoms with E-state index in [1.807, 2.05) is 0 Å². The zero-order valence-corrected chi connectivity index (χ0v) is 12.9. The first-order chi connectivity index (χ1) is 8.63. The van der Waals surface area contributed by atoms with Crippen molar-refractivity contribution in [3.8, 4) is 0 Å². The molecule has 18 heavy (non-hydrogen) atoms. The van der Waals surface area contributed by atoms with Crippen molar-refractivity contribution >= 4 is 0 Å². The number of nitrogens with one attached hydrogen (secondary N) is 1. The monoisotopic (exact) mass is 256 g/mol. The van der Waals surface area contributed by atoms with Crippen molar-refractivity contribution in [2.75, 3.05) is 26.2 Å². The summed E-state index contributed by atoms with van der Waals surface area (Å²) in [7, 11) is 0. The largest absolute Gasteiger partial charge is 0.374 e. The number of likely N-dealkylation sites (N-methyl/N-ethyl adjacent to an activating group) is 1. The molecule has 1 aliphatic rings. The van der Waals surface area contributed by atoms with Crippen LogP contribution in [0.25, 0.3) is 0 Å². The van der Waals surface area contributed by atoms with Crippen molar-refractivity contribution in [1.82, 2.24) is 10.2 Å². The van der Waals surface area contributed by atoms with Crippen LogP contribution in [0.4, 0.5) is 0 Å². The van der Waals surface area contributed by atoms with Crippen molar-refractivity contribution in [2.45, 2.75) is 65.6 Å². The summed E-state index contributed by atoms with van der Waals surface area (Å²) in [6.45, 7) is 15.4. The van der Waals surface area contributed by atoms with Gasteiger partial charge in [-0.2, -0.15) is 0 Å². The van der Waals surface area contributed by atoms with Crippen LogP contribution in [-0.2, 0) is 4.74 Å². The Kier molecular flexibility index (Phi) is 7.20. The van der Waals surface area contributed by atoms with Crippen LogP contribution >= 0.6 is 0 Å². The molecule has 0 aliphatic carbocycles. The predicted octanol–water partition coefficient (Wildman–Crippen LogP) is 2.51. The van der Waals surface area contributed by atoms with Crippen LogP contribution in [0.15, 0.2) is 0 Å². The van der Waals surface area contributed by atoms with Crippen molar-refractivity contribution in [2.24, 2.45) is 5.92 Å². The lowest BCUT2D eigenvalue weighted by molar-refractivity contribution is -0.0651. The van der Waals surface area contributed by atoms with Crippen LogP contribution in [-0.4, -0.2) is 49.3 Å². The SMILES string of the molecule is CCNC(C(CC)CC)C1CN(C(C)C)CCO1. The molecular formula is C15H32N2O. The average Bonchev–Trinajstić information content (AvgIpc) is 2.39. The highest BCUT2D eigenvalue weighted by Gasteiger charge is 2.32. The van der Waals surface area contributed by atoms with Gasteiger partial charge in [0, 0.05) is 25.2 Å². The molecule has 108 valence electrons. The summed E-state index contributed by atoms with van der Waals surface area (Å²) in [5.74, 6) is 0.724. The van der Waals surface area contributed by atoms with E-state index in [9.17, 15) is 0 Å². The Balaban J connectivity index is 2.66. The first kappa shape index (κ1) is 15.9. The molecule has 0 saturated carbocycles. The molecule has 2 unspecified atom stereocenters. The minimum absolute atomic E-state index is 0.353. The van der Waals surface area contributed by atoms with Crippen LogP contribution in [0.2, 0.25) is 0 Å². The number of ether oxygens (including phenoxy) is 1. The number of morpholine rings is 1. The highest BCUT2D eigenvalue weighted by molar-refractivity contribution is 4.87. The van der Waals surface area contributed by atoms with Gasteiger partial charge in [-0.05, 0) is 26.3 Å². The van der Waals surface area contributed by atoms with E-state index in [0.29, 0.717) is 18.2 Å². The molecule has 1 aliphatic heterocycles. The second-order valence-electron chi connectivity index (χ2n) is 5.66. The summed E-state index contributed by atoms with van der Waals surface area (Å²) in [6, 6.07) is 1.13. The number of rotatable bonds is 7. The molecule has 1 heterocycles. The van der Waals surface area contributed by atoms with Gasteiger partial charge in [-0.15, -0.1) is 0 Å². The number of hydrogen-bond donors (Lipinski definition) is 1. The second-order valence-corrected chi connectivity index (χ2v) is 5.66. The highest BCUT2D eigenvalue weighted by atomic mass is 16.5. The normalized spacial score (nSPS) is 23.8. The maximum Gasteiger partial charge on any atom is 0.0858 e. The molecule has 0 bridgehead atoms. The van der Waals surface area contributed by atoms with Crippen LogP contribution < -0.4 is 5.32 Å². The van der Waals surface area contributed by atoms with Gasteiger partial charge in [0.25, 0.3) is 0 Å². The van der Waals surface area contributed by atoms with E-state index in [1.165, 1.54) is 12.8 Å². The fraction of sp³-hybridized carbons (Fsp3) is 1.00. The molecule has 1 rings (SSSR count). The molecule has 1 saturated heterocycles. The lowest BCUT2D eigenvalue weighted by Gasteiger charge is -2.41. The molecule has 0 spiro atoms. The van der Waals surface area contributed by atoms with Gasteiger partial charge in [-0.1, -0.05) is 33.6 Å². The summed E-state index contributed by atoms with van der Waals surface area (Å²) < 4.78 is 6.05. The molecule has 0 aromatic heterocycles. The minimum atomic E-state index is 0.353. The van der Waals surface area contributed by atoms with E-state index < -0.39 is 0 Å². The smallest absolute Gasteiger partial charge is 0.0858 e. The van der Waals surface area contributed by atoms with Crippen molar-refractivity contribution in [1.29, 1.82) is 0 Å². The average molecular weight is 256 g/mol. The first-order valence-electron chi connectivity index (χ1n) is 7.72. The maximum absolute atomic E-state index is 6.05. The minimum Gasteiger partial charge on any atom is -0.374 e. The Labute approximate surface area is 113 Å². The van der Waals surface area contributed by atoms with Crippen molar-refractivity contribution in [3.63, 3.8) is 0 Å². The number of hydrogen-bond acceptors (Lipinski definition) is 3. The molecule has 0 aromatic rings. The van der Waals surface area contributed by atoms with Gasteiger partial charge in [0.15, 0.2) is 0 Å². The lowest BCUT2D eigenvalue weighted by Crippen LogP contribution is -2.56.